The van der Waals surface area contributed by atoms with Crippen molar-refractivity contribution in [1.82, 2.24) is 29.7 Å². The van der Waals surface area contributed by atoms with Crippen LogP contribution in [0.1, 0.15) is 33.9 Å². The molecule has 0 spiro atoms. The lowest BCUT2D eigenvalue weighted by Gasteiger charge is -2.13. The molecule has 37 heavy (non-hydrogen) atoms. The number of benzene rings is 2. The molecule has 1 N–H and O–H groups in total. The number of aryl methyl sites for hydroxylation is 2. The van der Waals surface area contributed by atoms with Crippen molar-refractivity contribution in [3.05, 3.63) is 81.8 Å². The predicted molar refractivity (Wildman–Crippen MR) is 137 cm³/mol. The quantitative estimate of drug-likeness (QED) is 0.255. The molecule has 0 unspecified atom stereocenters. The highest BCUT2D eigenvalue weighted by molar-refractivity contribution is 9.10. The predicted octanol–water partition coefficient (Wildman–Crippen LogP) is 5.96. The van der Waals surface area contributed by atoms with Gasteiger partial charge in [0.05, 0.1) is 22.1 Å². The second kappa shape index (κ2) is 9.62. The van der Waals surface area contributed by atoms with Gasteiger partial charge in [0.25, 0.3) is 5.91 Å². The van der Waals surface area contributed by atoms with Gasteiger partial charge in [-0.15, -0.1) is 0 Å². The Morgan fingerprint density at radius 1 is 1.11 bits per heavy atom. The SMILES string of the molecule is Cc1nn(CCCNC(=O)c2cnn3c(C(F)(F)F)cc(-c4cccc5ccccc45)nc23)c(C)c1Br. The van der Waals surface area contributed by atoms with Gasteiger partial charge >= 0.3 is 6.18 Å². The molecular formula is C26H22BrF3N6O. The number of nitrogens with one attached hydrogen (secondary N) is 1. The van der Waals surface area contributed by atoms with Gasteiger partial charge in [-0.05, 0) is 53.0 Å². The summed E-state index contributed by atoms with van der Waals surface area (Å²) in [4.78, 5) is 17.4. The highest BCUT2D eigenvalue weighted by atomic mass is 79.9. The minimum atomic E-state index is -4.70. The summed E-state index contributed by atoms with van der Waals surface area (Å²) in [6.45, 7) is 4.73. The summed E-state index contributed by atoms with van der Waals surface area (Å²) in [6, 6.07) is 13.7. The Bertz CT molecular complexity index is 1630. The molecule has 5 rings (SSSR count). The highest BCUT2D eigenvalue weighted by Gasteiger charge is 2.36. The lowest BCUT2D eigenvalue weighted by atomic mass is 10.0. The van der Waals surface area contributed by atoms with E-state index in [1.165, 1.54) is 0 Å². The van der Waals surface area contributed by atoms with Crippen LogP contribution >= 0.6 is 15.9 Å². The molecule has 0 saturated heterocycles. The molecular weight excluding hydrogens is 549 g/mol. The Hall–Kier alpha value is -3.73. The third-order valence-corrected chi connectivity index (χ3v) is 7.35. The standard InChI is InChI=1S/C26H22BrF3N6O/c1-15-23(27)16(2)35(34-15)12-6-11-31-25(37)20-14-32-36-22(26(28,29)30)13-21(33-24(20)36)19-10-5-8-17-7-3-4-9-18(17)19/h3-5,7-10,13-14H,6,11-12H2,1-2H3,(H,31,37). The molecule has 11 heteroatoms. The molecule has 3 aromatic heterocycles. The number of carbonyl (C=O) groups is 1. The van der Waals surface area contributed by atoms with Gasteiger partial charge in [-0.1, -0.05) is 42.5 Å². The van der Waals surface area contributed by atoms with Crippen molar-refractivity contribution in [2.75, 3.05) is 6.54 Å². The maximum Gasteiger partial charge on any atom is 0.433 e. The molecule has 3 heterocycles. The van der Waals surface area contributed by atoms with E-state index in [0.717, 1.165) is 38.9 Å². The summed E-state index contributed by atoms with van der Waals surface area (Å²) in [5.41, 5.74) is 1.32. The topological polar surface area (TPSA) is 77.1 Å². The average molecular weight is 571 g/mol. The maximum atomic E-state index is 14.0. The van der Waals surface area contributed by atoms with Crippen LogP contribution in [-0.2, 0) is 12.7 Å². The van der Waals surface area contributed by atoms with Gasteiger partial charge in [0.1, 0.15) is 5.56 Å². The van der Waals surface area contributed by atoms with Crippen LogP contribution < -0.4 is 5.32 Å². The van der Waals surface area contributed by atoms with Gasteiger partial charge < -0.3 is 5.32 Å². The zero-order valence-corrected chi connectivity index (χ0v) is 21.6. The molecule has 1 amide bonds. The highest BCUT2D eigenvalue weighted by Crippen LogP contribution is 2.34. The van der Waals surface area contributed by atoms with Crippen molar-refractivity contribution in [2.24, 2.45) is 0 Å². The summed E-state index contributed by atoms with van der Waals surface area (Å²) in [5.74, 6) is -0.541. The third kappa shape index (κ3) is 4.71. The van der Waals surface area contributed by atoms with Gasteiger partial charge in [0.2, 0.25) is 0 Å². The summed E-state index contributed by atoms with van der Waals surface area (Å²) in [7, 11) is 0. The smallest absolute Gasteiger partial charge is 0.352 e. The summed E-state index contributed by atoms with van der Waals surface area (Å²) < 4.78 is 45.5. The van der Waals surface area contributed by atoms with Crippen LogP contribution in [0.2, 0.25) is 0 Å². The number of halogens is 4. The number of amides is 1. The largest absolute Gasteiger partial charge is 0.433 e. The van der Waals surface area contributed by atoms with Crippen molar-refractivity contribution in [3.8, 4) is 11.3 Å². The zero-order chi connectivity index (χ0) is 26.3. The van der Waals surface area contributed by atoms with Crippen LogP contribution in [0.15, 0.2) is 59.2 Å². The van der Waals surface area contributed by atoms with Crippen LogP contribution in [0.5, 0.6) is 0 Å². The molecule has 0 atom stereocenters. The molecule has 0 fully saturated rings. The van der Waals surface area contributed by atoms with Crippen LogP contribution in [0.25, 0.3) is 27.7 Å². The molecule has 0 saturated carbocycles. The molecule has 7 nitrogen and oxygen atoms in total. The average Bonchev–Trinajstić information content (AvgIpc) is 3.41. The molecule has 0 aliphatic rings. The Morgan fingerprint density at radius 3 is 2.59 bits per heavy atom. The van der Waals surface area contributed by atoms with E-state index in [2.05, 4.69) is 36.4 Å². The first-order valence-electron chi connectivity index (χ1n) is 11.6. The van der Waals surface area contributed by atoms with E-state index in [1.807, 2.05) is 48.9 Å². The number of nitrogens with zero attached hydrogens (tertiary/aromatic N) is 5. The van der Waals surface area contributed by atoms with Gasteiger partial charge in [-0.3, -0.25) is 9.48 Å². The van der Waals surface area contributed by atoms with E-state index in [9.17, 15) is 18.0 Å². The minimum Gasteiger partial charge on any atom is -0.352 e. The Kier molecular flexibility index (Phi) is 6.49. The van der Waals surface area contributed by atoms with E-state index < -0.39 is 17.8 Å². The summed E-state index contributed by atoms with van der Waals surface area (Å²) in [5, 5.41) is 12.7. The van der Waals surface area contributed by atoms with E-state index in [0.29, 0.717) is 29.6 Å². The molecule has 5 aromatic rings. The van der Waals surface area contributed by atoms with Crippen LogP contribution in [0.4, 0.5) is 13.2 Å². The molecule has 2 aromatic carbocycles. The maximum absolute atomic E-state index is 14.0. The monoisotopic (exact) mass is 570 g/mol. The number of fused-ring (bicyclic) bond motifs is 2. The first-order chi connectivity index (χ1) is 17.6. The van der Waals surface area contributed by atoms with Crippen LogP contribution in [0.3, 0.4) is 0 Å². The summed E-state index contributed by atoms with van der Waals surface area (Å²) >= 11 is 3.49. The van der Waals surface area contributed by atoms with Crippen LogP contribution in [0, 0.1) is 13.8 Å². The summed E-state index contributed by atoms with van der Waals surface area (Å²) in [6.07, 6.45) is -2.99. The van der Waals surface area contributed by atoms with Gasteiger partial charge in [0.15, 0.2) is 11.3 Å². The van der Waals surface area contributed by atoms with Crippen molar-refractivity contribution < 1.29 is 18.0 Å². The lowest BCUT2D eigenvalue weighted by molar-refractivity contribution is -0.142. The number of aromatic nitrogens is 5. The van der Waals surface area contributed by atoms with Gasteiger partial charge in [0, 0.05) is 24.3 Å². The number of alkyl halides is 3. The molecule has 190 valence electrons. The van der Waals surface area contributed by atoms with Crippen molar-refractivity contribution in [1.29, 1.82) is 0 Å². The van der Waals surface area contributed by atoms with Gasteiger partial charge in [-0.2, -0.15) is 23.4 Å². The number of hydrogen-bond donors (Lipinski definition) is 1. The van der Waals surface area contributed by atoms with E-state index >= 15 is 0 Å². The first-order valence-corrected chi connectivity index (χ1v) is 12.4. The lowest BCUT2D eigenvalue weighted by Crippen LogP contribution is -2.25. The fourth-order valence-electron chi connectivity index (χ4n) is 4.33. The van der Waals surface area contributed by atoms with E-state index in [4.69, 9.17) is 0 Å². The van der Waals surface area contributed by atoms with Crippen molar-refractivity contribution >= 4 is 38.3 Å². The molecule has 0 radical (unpaired) electrons. The zero-order valence-electron chi connectivity index (χ0n) is 20.0. The number of rotatable bonds is 6. The van der Waals surface area contributed by atoms with E-state index in [-0.39, 0.29) is 16.9 Å². The molecule has 0 bridgehead atoms. The molecule has 0 aliphatic carbocycles. The molecule has 0 aliphatic heterocycles. The third-order valence-electron chi connectivity index (χ3n) is 6.20. The fraction of sp³-hybridized carbons (Fsp3) is 0.231. The minimum absolute atomic E-state index is 0.0264. The van der Waals surface area contributed by atoms with E-state index in [1.54, 1.807) is 12.1 Å². The van der Waals surface area contributed by atoms with Crippen molar-refractivity contribution in [3.63, 3.8) is 0 Å². The first kappa shape index (κ1) is 24.9. The number of carbonyl (C=O) groups excluding carboxylic acids is 1. The van der Waals surface area contributed by atoms with Crippen molar-refractivity contribution in [2.45, 2.75) is 33.0 Å². The van der Waals surface area contributed by atoms with Crippen LogP contribution in [-0.4, -0.2) is 36.8 Å². The second-order valence-corrected chi connectivity index (χ2v) is 9.46. The number of hydrogen-bond acceptors (Lipinski definition) is 4. The van der Waals surface area contributed by atoms with Gasteiger partial charge in [-0.25, -0.2) is 9.50 Å². The fourth-order valence-corrected chi connectivity index (χ4v) is 4.61. The Morgan fingerprint density at radius 2 is 1.86 bits per heavy atom. The second-order valence-electron chi connectivity index (χ2n) is 8.66. The Balaban J connectivity index is 1.46. The normalized spacial score (nSPS) is 11.9. The Labute approximate surface area is 218 Å².